The van der Waals surface area contributed by atoms with Crippen LogP contribution in [0.1, 0.15) is 40.8 Å². The summed E-state index contributed by atoms with van der Waals surface area (Å²) >= 11 is 0. The number of rotatable bonds is 8. The van der Waals surface area contributed by atoms with Crippen molar-refractivity contribution in [2.75, 3.05) is 47.0 Å². The molecule has 0 spiro atoms. The van der Waals surface area contributed by atoms with Gasteiger partial charge < -0.3 is 28.5 Å². The summed E-state index contributed by atoms with van der Waals surface area (Å²) in [7, 11) is 3.12. The van der Waals surface area contributed by atoms with Gasteiger partial charge >= 0.3 is 0 Å². The number of tetrazole rings is 1. The molecule has 2 aliphatic heterocycles. The molecule has 2 fully saturated rings. The molecule has 13 nitrogen and oxygen atoms in total. The molecule has 40 heavy (non-hydrogen) atoms. The quantitative estimate of drug-likeness (QED) is 0.346. The van der Waals surface area contributed by atoms with Gasteiger partial charge in [-0.2, -0.15) is 0 Å². The molecule has 2 atom stereocenters. The van der Waals surface area contributed by atoms with E-state index in [1.54, 1.807) is 42.0 Å². The van der Waals surface area contributed by atoms with Crippen molar-refractivity contribution in [3.63, 3.8) is 0 Å². The number of furan rings is 1. The van der Waals surface area contributed by atoms with Gasteiger partial charge in [-0.25, -0.2) is 4.68 Å². The van der Waals surface area contributed by atoms with Gasteiger partial charge in [-0.3, -0.25) is 14.5 Å². The molecular weight excluding hydrogens is 518 g/mol. The minimum absolute atomic E-state index is 0.0114. The molecular formula is C27H31N7O6. The van der Waals surface area contributed by atoms with Gasteiger partial charge in [0, 0.05) is 49.8 Å². The largest absolute Gasteiger partial charge is 0.493 e. The maximum atomic E-state index is 13.6. The first-order chi connectivity index (χ1) is 19.6. The Kier molecular flexibility index (Phi) is 7.22. The Balaban J connectivity index is 1.37. The Morgan fingerprint density at radius 3 is 2.65 bits per heavy atom. The molecule has 2 saturated heterocycles. The van der Waals surface area contributed by atoms with Crippen LogP contribution in [-0.2, 0) is 11.3 Å². The number of nitrogens with zero attached hydrogens (tertiary/aromatic N) is 6. The molecule has 1 amide bonds. The lowest BCUT2D eigenvalue weighted by Crippen LogP contribution is -2.50. The second-order valence-corrected chi connectivity index (χ2v) is 9.91. The average molecular weight is 550 g/mol. The lowest BCUT2D eigenvalue weighted by Gasteiger charge is -2.38. The average Bonchev–Trinajstić information content (AvgIpc) is 3.77. The van der Waals surface area contributed by atoms with Crippen LogP contribution in [0, 0.1) is 0 Å². The number of aromatic amines is 1. The minimum Gasteiger partial charge on any atom is -0.493 e. The third kappa shape index (κ3) is 4.93. The van der Waals surface area contributed by atoms with E-state index in [0.29, 0.717) is 73.5 Å². The van der Waals surface area contributed by atoms with Gasteiger partial charge in [0.2, 0.25) is 0 Å². The van der Waals surface area contributed by atoms with E-state index in [-0.39, 0.29) is 17.6 Å². The van der Waals surface area contributed by atoms with Crippen LogP contribution < -0.4 is 15.0 Å². The predicted octanol–water partition coefficient (Wildman–Crippen LogP) is 1.85. The maximum Gasteiger partial charge on any atom is 0.289 e. The van der Waals surface area contributed by atoms with Crippen molar-refractivity contribution >= 4 is 16.8 Å². The van der Waals surface area contributed by atoms with Crippen LogP contribution in [0.25, 0.3) is 10.9 Å². The van der Waals surface area contributed by atoms with Crippen molar-refractivity contribution in [2.24, 2.45) is 0 Å². The summed E-state index contributed by atoms with van der Waals surface area (Å²) in [5.74, 6) is 1.77. The van der Waals surface area contributed by atoms with Crippen molar-refractivity contribution in [3.05, 3.63) is 64.1 Å². The van der Waals surface area contributed by atoms with Crippen molar-refractivity contribution in [3.8, 4) is 11.5 Å². The second-order valence-electron chi connectivity index (χ2n) is 9.91. The van der Waals surface area contributed by atoms with Crippen molar-refractivity contribution in [1.82, 2.24) is 35.0 Å². The standard InChI is InChI=1S/C27H31N7O6/c1-37-22-14-17-13-19(26(35)28-20(17)15-23(22)38-2)24(25-29-30-31-34(25)16-18-5-3-11-39-18)32-7-9-33(10-8-32)27(36)21-6-4-12-40-21/h4,6,12-15,18,24H,3,5,7-11,16H2,1-2H3,(H,28,35)/t18-,24-/m0/s1. The van der Waals surface area contributed by atoms with E-state index in [0.717, 1.165) is 18.2 Å². The number of amides is 1. The molecule has 0 radical (unpaired) electrons. The molecule has 0 saturated carbocycles. The van der Waals surface area contributed by atoms with Gasteiger partial charge in [0.05, 0.1) is 38.6 Å². The van der Waals surface area contributed by atoms with E-state index in [4.69, 9.17) is 18.6 Å². The number of hydrogen-bond acceptors (Lipinski definition) is 10. The van der Waals surface area contributed by atoms with Crippen LogP contribution in [0.4, 0.5) is 0 Å². The topological polar surface area (TPSA) is 141 Å². The number of ether oxygens (including phenoxy) is 3. The predicted molar refractivity (Wildman–Crippen MR) is 142 cm³/mol. The zero-order chi connectivity index (χ0) is 27.6. The highest BCUT2D eigenvalue weighted by Gasteiger charge is 2.35. The Bertz CT molecular complexity index is 1530. The number of nitrogens with one attached hydrogen (secondary N) is 1. The first-order valence-electron chi connectivity index (χ1n) is 13.3. The van der Waals surface area contributed by atoms with Crippen LogP contribution in [0.15, 0.2) is 45.8 Å². The van der Waals surface area contributed by atoms with Crippen LogP contribution in [0.5, 0.6) is 11.5 Å². The third-order valence-corrected chi connectivity index (χ3v) is 7.58. The molecule has 1 N–H and O–H groups in total. The molecule has 0 bridgehead atoms. The lowest BCUT2D eigenvalue weighted by atomic mass is 10.0. The molecule has 210 valence electrons. The molecule has 5 heterocycles. The van der Waals surface area contributed by atoms with Crippen LogP contribution in [-0.4, -0.2) is 94.0 Å². The number of aromatic nitrogens is 5. The van der Waals surface area contributed by atoms with Crippen LogP contribution >= 0.6 is 0 Å². The van der Waals surface area contributed by atoms with Gasteiger partial charge in [-0.15, -0.1) is 5.10 Å². The first-order valence-corrected chi connectivity index (χ1v) is 13.3. The van der Waals surface area contributed by atoms with Crippen molar-refractivity contribution in [1.29, 1.82) is 0 Å². The van der Waals surface area contributed by atoms with E-state index in [9.17, 15) is 9.59 Å². The van der Waals surface area contributed by atoms with E-state index >= 15 is 0 Å². The summed E-state index contributed by atoms with van der Waals surface area (Å²) in [6.45, 7) is 3.14. The summed E-state index contributed by atoms with van der Waals surface area (Å²) < 4.78 is 23.8. The molecule has 1 aromatic carbocycles. The van der Waals surface area contributed by atoms with Gasteiger partial charge in [-0.05, 0) is 47.5 Å². The molecule has 0 aliphatic carbocycles. The Morgan fingerprint density at radius 1 is 1.15 bits per heavy atom. The fourth-order valence-corrected chi connectivity index (χ4v) is 5.51. The molecule has 3 aromatic heterocycles. The number of methoxy groups -OCH3 is 2. The van der Waals surface area contributed by atoms with Gasteiger partial charge in [0.25, 0.3) is 11.5 Å². The highest BCUT2D eigenvalue weighted by atomic mass is 16.5. The number of fused-ring (bicyclic) bond motifs is 1. The number of benzene rings is 1. The molecule has 0 unspecified atom stereocenters. The van der Waals surface area contributed by atoms with Crippen molar-refractivity contribution in [2.45, 2.75) is 31.5 Å². The van der Waals surface area contributed by atoms with Crippen molar-refractivity contribution < 1.29 is 23.4 Å². The Labute approximate surface area is 229 Å². The monoisotopic (exact) mass is 549 g/mol. The number of piperazine rings is 1. The number of carbonyl (C=O) groups is 1. The van der Waals surface area contributed by atoms with E-state index < -0.39 is 6.04 Å². The highest BCUT2D eigenvalue weighted by Crippen LogP contribution is 2.33. The molecule has 2 aliphatic rings. The summed E-state index contributed by atoms with van der Waals surface area (Å²) in [6, 6.07) is 8.23. The highest BCUT2D eigenvalue weighted by molar-refractivity contribution is 5.91. The maximum absolute atomic E-state index is 13.6. The Hall–Kier alpha value is -4.23. The fraction of sp³-hybridized carbons (Fsp3) is 0.444. The number of hydrogen-bond donors (Lipinski definition) is 1. The van der Waals surface area contributed by atoms with E-state index in [2.05, 4.69) is 25.4 Å². The van der Waals surface area contributed by atoms with Crippen LogP contribution in [0.2, 0.25) is 0 Å². The smallest absolute Gasteiger partial charge is 0.289 e. The summed E-state index contributed by atoms with van der Waals surface area (Å²) in [5, 5.41) is 13.4. The number of pyridine rings is 1. The van der Waals surface area contributed by atoms with Gasteiger partial charge in [0.1, 0.15) is 6.04 Å². The summed E-state index contributed by atoms with van der Waals surface area (Å²) in [4.78, 5) is 33.4. The second kappa shape index (κ2) is 11.1. The number of carbonyl (C=O) groups excluding carboxylic acids is 1. The molecule has 13 heteroatoms. The lowest BCUT2D eigenvalue weighted by molar-refractivity contribution is 0.0550. The van der Waals surface area contributed by atoms with Gasteiger partial charge in [0.15, 0.2) is 23.1 Å². The normalized spacial score (nSPS) is 18.8. The molecule has 4 aromatic rings. The number of H-pyrrole nitrogens is 1. The molecule has 6 rings (SSSR count). The van der Waals surface area contributed by atoms with E-state index in [1.165, 1.54) is 6.26 Å². The Morgan fingerprint density at radius 2 is 1.95 bits per heavy atom. The zero-order valence-electron chi connectivity index (χ0n) is 22.4. The fourth-order valence-electron chi connectivity index (χ4n) is 5.51. The summed E-state index contributed by atoms with van der Waals surface area (Å²) in [6.07, 6.45) is 3.42. The summed E-state index contributed by atoms with van der Waals surface area (Å²) in [5.41, 5.74) is 0.859. The van der Waals surface area contributed by atoms with Gasteiger partial charge in [-0.1, -0.05) is 0 Å². The first kappa shape index (κ1) is 26.0. The van der Waals surface area contributed by atoms with Crippen LogP contribution in [0.3, 0.4) is 0 Å². The zero-order valence-corrected chi connectivity index (χ0v) is 22.4. The minimum atomic E-state index is -0.557. The van der Waals surface area contributed by atoms with E-state index in [1.807, 2.05) is 12.1 Å². The third-order valence-electron chi connectivity index (χ3n) is 7.58. The SMILES string of the molecule is COc1cc2cc([C@@H](c3nnnn3C[C@@H]3CCCO3)N3CCN(C(=O)c4ccco4)CC3)c(=O)[nH]c2cc1OC.